The number of nitrogens with zero attached hydrogens (tertiary/aromatic N) is 1. The number of ether oxygens (including phenoxy) is 1. The number of aryl methyl sites for hydroxylation is 1. The van der Waals surface area contributed by atoms with Gasteiger partial charge in [0.05, 0.1) is 4.47 Å². The van der Waals surface area contributed by atoms with E-state index in [1.54, 1.807) is 18.3 Å². The first-order valence-corrected chi connectivity index (χ1v) is 6.40. The average molecular weight is 361 g/mol. The van der Waals surface area contributed by atoms with Crippen molar-refractivity contribution in [2.45, 2.75) is 6.92 Å². The van der Waals surface area contributed by atoms with Crippen molar-refractivity contribution in [3.63, 3.8) is 0 Å². The first-order chi connectivity index (χ1) is 8.08. The molecule has 0 aliphatic carbocycles. The Morgan fingerprint density at radius 1 is 1.24 bits per heavy atom. The Balaban J connectivity index is 2.38. The lowest BCUT2D eigenvalue weighted by molar-refractivity contribution is 0.424. The van der Waals surface area contributed by atoms with Crippen LogP contribution in [0.3, 0.4) is 0 Å². The summed E-state index contributed by atoms with van der Waals surface area (Å²) in [5.74, 6) is 0.0589. The molecule has 0 aliphatic heterocycles. The van der Waals surface area contributed by atoms with Gasteiger partial charge in [-0.1, -0.05) is 15.9 Å². The predicted molar refractivity (Wildman–Crippen MR) is 70.8 cm³/mol. The summed E-state index contributed by atoms with van der Waals surface area (Å²) in [6, 6.07) is 6.35. The molecule has 2 aromatic rings. The van der Waals surface area contributed by atoms with Crippen molar-refractivity contribution in [2.75, 3.05) is 0 Å². The average Bonchev–Trinajstić information content (AvgIpc) is 2.30. The standard InChI is InChI=1S/C12H8Br2FNO/c1-7-4-5-16-12(11(7)14)17-10-6-8(13)2-3-9(10)15/h2-6H,1H3. The largest absolute Gasteiger partial charge is 0.435 e. The molecule has 1 aromatic heterocycles. The van der Waals surface area contributed by atoms with Crippen molar-refractivity contribution < 1.29 is 9.13 Å². The van der Waals surface area contributed by atoms with E-state index < -0.39 is 5.82 Å². The molecule has 0 fully saturated rings. The molecule has 0 radical (unpaired) electrons. The van der Waals surface area contributed by atoms with Gasteiger partial charge in [0.2, 0.25) is 5.88 Å². The van der Waals surface area contributed by atoms with E-state index in [1.807, 2.05) is 13.0 Å². The van der Waals surface area contributed by atoms with Crippen LogP contribution in [0.4, 0.5) is 4.39 Å². The van der Waals surface area contributed by atoms with E-state index in [-0.39, 0.29) is 5.75 Å². The maximum Gasteiger partial charge on any atom is 0.234 e. The van der Waals surface area contributed by atoms with Gasteiger partial charge in [-0.15, -0.1) is 0 Å². The van der Waals surface area contributed by atoms with Crippen LogP contribution < -0.4 is 4.74 Å². The number of rotatable bonds is 2. The topological polar surface area (TPSA) is 22.1 Å². The summed E-state index contributed by atoms with van der Waals surface area (Å²) in [5.41, 5.74) is 0.977. The zero-order valence-corrected chi connectivity index (χ0v) is 12.0. The molecule has 88 valence electrons. The van der Waals surface area contributed by atoms with Gasteiger partial charge in [-0.2, -0.15) is 0 Å². The minimum atomic E-state index is -0.427. The molecule has 0 saturated heterocycles. The van der Waals surface area contributed by atoms with E-state index in [4.69, 9.17) is 4.74 Å². The molecule has 0 spiro atoms. The van der Waals surface area contributed by atoms with Crippen LogP contribution in [-0.4, -0.2) is 4.98 Å². The normalized spacial score (nSPS) is 10.4. The third-order valence-electron chi connectivity index (χ3n) is 2.15. The van der Waals surface area contributed by atoms with Gasteiger partial charge < -0.3 is 4.74 Å². The molecule has 1 aromatic carbocycles. The number of halogens is 3. The highest BCUT2D eigenvalue weighted by molar-refractivity contribution is 9.10. The van der Waals surface area contributed by atoms with Crippen molar-refractivity contribution >= 4 is 31.9 Å². The van der Waals surface area contributed by atoms with Crippen molar-refractivity contribution in [3.8, 4) is 11.6 Å². The number of aromatic nitrogens is 1. The minimum Gasteiger partial charge on any atom is -0.435 e. The van der Waals surface area contributed by atoms with Gasteiger partial charge in [-0.3, -0.25) is 0 Å². The van der Waals surface area contributed by atoms with Crippen molar-refractivity contribution in [3.05, 3.63) is 50.8 Å². The number of hydrogen-bond donors (Lipinski definition) is 0. The molecule has 0 N–H and O–H groups in total. The van der Waals surface area contributed by atoms with E-state index >= 15 is 0 Å². The van der Waals surface area contributed by atoms with Crippen LogP contribution in [-0.2, 0) is 0 Å². The summed E-state index contributed by atoms with van der Waals surface area (Å²) in [7, 11) is 0. The second-order valence-corrected chi connectivity index (χ2v) is 5.13. The first kappa shape index (κ1) is 12.5. The summed E-state index contributed by atoms with van der Waals surface area (Å²) >= 11 is 6.62. The molecule has 5 heteroatoms. The lowest BCUT2D eigenvalue weighted by Gasteiger charge is -2.09. The molecule has 0 atom stereocenters. The van der Waals surface area contributed by atoms with Gasteiger partial charge in [0.15, 0.2) is 11.6 Å². The third kappa shape index (κ3) is 2.84. The molecule has 0 saturated carbocycles. The fraction of sp³-hybridized carbons (Fsp3) is 0.0833. The Hall–Kier alpha value is -0.940. The van der Waals surface area contributed by atoms with Crippen LogP contribution in [0.15, 0.2) is 39.4 Å². The highest BCUT2D eigenvalue weighted by Crippen LogP contribution is 2.32. The van der Waals surface area contributed by atoms with Gasteiger partial charge in [0.1, 0.15) is 0 Å². The van der Waals surface area contributed by atoms with Crippen LogP contribution in [0.1, 0.15) is 5.56 Å². The maximum absolute atomic E-state index is 13.5. The van der Waals surface area contributed by atoms with Crippen molar-refractivity contribution in [1.29, 1.82) is 0 Å². The molecule has 2 rings (SSSR count). The molecular weight excluding hydrogens is 353 g/mol. The number of pyridine rings is 1. The molecule has 2 nitrogen and oxygen atoms in total. The summed E-state index contributed by atoms with van der Waals surface area (Å²) in [6.45, 7) is 1.91. The van der Waals surface area contributed by atoms with E-state index in [1.165, 1.54) is 6.07 Å². The lowest BCUT2D eigenvalue weighted by Crippen LogP contribution is -1.93. The van der Waals surface area contributed by atoms with E-state index in [2.05, 4.69) is 36.8 Å². The van der Waals surface area contributed by atoms with E-state index in [9.17, 15) is 4.39 Å². The van der Waals surface area contributed by atoms with E-state index in [0.717, 1.165) is 14.5 Å². The molecule has 0 aliphatic rings. The van der Waals surface area contributed by atoms with Gasteiger partial charge in [-0.05, 0) is 52.7 Å². The van der Waals surface area contributed by atoms with E-state index in [0.29, 0.717) is 5.88 Å². The second-order valence-electron chi connectivity index (χ2n) is 3.42. The van der Waals surface area contributed by atoms with Crippen LogP contribution in [0.2, 0.25) is 0 Å². The Labute approximate surface area is 115 Å². The fourth-order valence-corrected chi connectivity index (χ4v) is 1.90. The van der Waals surface area contributed by atoms with Crippen LogP contribution in [0.5, 0.6) is 11.6 Å². The maximum atomic E-state index is 13.5. The second kappa shape index (κ2) is 5.14. The molecule has 1 heterocycles. The fourth-order valence-electron chi connectivity index (χ4n) is 1.25. The quantitative estimate of drug-likeness (QED) is 0.763. The molecule has 0 bridgehead atoms. The minimum absolute atomic E-state index is 0.137. The Kier molecular flexibility index (Phi) is 3.79. The monoisotopic (exact) mass is 359 g/mol. The van der Waals surface area contributed by atoms with Crippen molar-refractivity contribution in [1.82, 2.24) is 4.98 Å². The molecule has 0 amide bonds. The predicted octanol–water partition coefficient (Wildman–Crippen LogP) is 4.85. The van der Waals surface area contributed by atoms with Crippen LogP contribution >= 0.6 is 31.9 Å². The smallest absolute Gasteiger partial charge is 0.234 e. The summed E-state index contributed by atoms with van der Waals surface area (Å²) in [5, 5.41) is 0. The Morgan fingerprint density at radius 3 is 2.76 bits per heavy atom. The Morgan fingerprint density at radius 2 is 2.00 bits per heavy atom. The zero-order chi connectivity index (χ0) is 12.4. The SMILES string of the molecule is Cc1ccnc(Oc2cc(Br)ccc2F)c1Br. The highest BCUT2D eigenvalue weighted by Gasteiger charge is 2.10. The molecule has 0 unspecified atom stereocenters. The van der Waals surface area contributed by atoms with Crippen LogP contribution in [0, 0.1) is 12.7 Å². The van der Waals surface area contributed by atoms with Crippen molar-refractivity contribution in [2.24, 2.45) is 0 Å². The molecule has 17 heavy (non-hydrogen) atoms. The third-order valence-corrected chi connectivity index (χ3v) is 3.61. The van der Waals surface area contributed by atoms with Crippen LogP contribution in [0.25, 0.3) is 0 Å². The summed E-state index contributed by atoms with van der Waals surface area (Å²) < 4.78 is 20.4. The zero-order valence-electron chi connectivity index (χ0n) is 8.88. The molecular formula is C12H8Br2FNO. The number of benzene rings is 1. The number of hydrogen-bond acceptors (Lipinski definition) is 2. The highest BCUT2D eigenvalue weighted by atomic mass is 79.9. The van der Waals surface area contributed by atoms with Gasteiger partial charge in [-0.25, -0.2) is 9.37 Å². The Bertz CT molecular complexity index is 560. The van der Waals surface area contributed by atoms with Gasteiger partial charge in [0.25, 0.3) is 0 Å². The lowest BCUT2D eigenvalue weighted by atomic mass is 10.3. The van der Waals surface area contributed by atoms with Gasteiger partial charge >= 0.3 is 0 Å². The van der Waals surface area contributed by atoms with Gasteiger partial charge in [0, 0.05) is 10.7 Å². The summed E-state index contributed by atoms with van der Waals surface area (Å²) in [6.07, 6.45) is 1.62. The first-order valence-electron chi connectivity index (χ1n) is 4.82. The summed E-state index contributed by atoms with van der Waals surface area (Å²) in [4.78, 5) is 4.05.